The molecule has 2 aromatic rings. The Hall–Kier alpha value is -1.78. The summed E-state index contributed by atoms with van der Waals surface area (Å²) in [5.74, 6) is -0.689. The predicted molar refractivity (Wildman–Crippen MR) is 84.7 cm³/mol. The number of hydrogen-bond donors (Lipinski definition) is 2. The molecule has 0 spiro atoms. The Balaban J connectivity index is 2.01. The number of amides is 1. The van der Waals surface area contributed by atoms with Crippen molar-refractivity contribution in [1.29, 1.82) is 0 Å². The van der Waals surface area contributed by atoms with Gasteiger partial charge < -0.3 is 10.6 Å². The second kappa shape index (κ2) is 6.78. The number of rotatable bonds is 4. The Labute approximate surface area is 132 Å². The van der Waals surface area contributed by atoms with Crippen LogP contribution in [-0.4, -0.2) is 12.5 Å². The topological polar surface area (TPSA) is 41.1 Å². The van der Waals surface area contributed by atoms with Crippen molar-refractivity contribution in [2.75, 3.05) is 17.2 Å². The van der Waals surface area contributed by atoms with Gasteiger partial charge in [0.2, 0.25) is 5.91 Å². The summed E-state index contributed by atoms with van der Waals surface area (Å²) in [7, 11) is 0. The summed E-state index contributed by atoms with van der Waals surface area (Å²) in [5, 5.41) is 6.22. The quantitative estimate of drug-likeness (QED) is 0.869. The van der Waals surface area contributed by atoms with Crippen molar-refractivity contribution in [1.82, 2.24) is 0 Å². The van der Waals surface area contributed by atoms with Gasteiger partial charge in [0.25, 0.3) is 0 Å². The third kappa shape index (κ3) is 4.09. The second-order valence-electron chi connectivity index (χ2n) is 4.46. The van der Waals surface area contributed by atoms with Crippen LogP contribution in [0.4, 0.5) is 15.8 Å². The molecule has 6 heteroatoms. The first-order chi connectivity index (χ1) is 9.97. The zero-order valence-electron chi connectivity index (χ0n) is 11.2. The van der Waals surface area contributed by atoms with Gasteiger partial charge in [0.1, 0.15) is 5.82 Å². The van der Waals surface area contributed by atoms with Gasteiger partial charge in [-0.15, -0.1) is 0 Å². The molecule has 2 aromatic carbocycles. The van der Waals surface area contributed by atoms with Crippen molar-refractivity contribution in [3.05, 3.63) is 57.8 Å². The average molecular weight is 327 g/mol. The number of carbonyl (C=O) groups is 1. The number of aryl methyl sites for hydroxylation is 1. The van der Waals surface area contributed by atoms with Crippen molar-refractivity contribution in [2.24, 2.45) is 0 Å². The maximum absolute atomic E-state index is 13.1. The molecule has 3 nitrogen and oxygen atoms in total. The fraction of sp³-hybridized carbons (Fsp3) is 0.133. The Morgan fingerprint density at radius 3 is 2.52 bits per heavy atom. The summed E-state index contributed by atoms with van der Waals surface area (Å²) in [5.41, 5.74) is 1.78. The predicted octanol–water partition coefficient (Wildman–Crippen LogP) is 4.49. The van der Waals surface area contributed by atoms with Gasteiger partial charge >= 0.3 is 0 Å². The summed E-state index contributed by atoms with van der Waals surface area (Å²) >= 11 is 11.9. The van der Waals surface area contributed by atoms with Gasteiger partial charge in [-0.2, -0.15) is 0 Å². The molecule has 0 saturated carbocycles. The van der Waals surface area contributed by atoms with E-state index < -0.39 is 0 Å². The lowest BCUT2D eigenvalue weighted by atomic mass is 10.2. The lowest BCUT2D eigenvalue weighted by Gasteiger charge is -2.12. The molecule has 0 aliphatic carbocycles. The molecule has 0 aliphatic heterocycles. The van der Waals surface area contributed by atoms with E-state index in [0.717, 1.165) is 5.56 Å². The standard InChI is InChI=1S/C15H13Cl2FN2O/c1-9-5-6-10(18)7-13(9)19-8-14(21)20-15-11(16)3-2-4-12(15)17/h2-7,19H,8H2,1H3,(H,20,21). The Kier molecular flexibility index (Phi) is 5.04. The average Bonchev–Trinajstić information content (AvgIpc) is 2.44. The monoisotopic (exact) mass is 326 g/mol. The van der Waals surface area contributed by atoms with E-state index in [9.17, 15) is 9.18 Å². The highest BCUT2D eigenvalue weighted by Crippen LogP contribution is 2.29. The number of anilines is 2. The van der Waals surface area contributed by atoms with Crippen molar-refractivity contribution in [2.45, 2.75) is 6.92 Å². The smallest absolute Gasteiger partial charge is 0.243 e. The maximum atomic E-state index is 13.1. The van der Waals surface area contributed by atoms with Gasteiger partial charge in [-0.05, 0) is 36.8 Å². The number of halogens is 3. The first-order valence-electron chi connectivity index (χ1n) is 6.21. The van der Waals surface area contributed by atoms with Crippen LogP contribution in [0.5, 0.6) is 0 Å². The molecule has 0 bridgehead atoms. The van der Waals surface area contributed by atoms with Crippen LogP contribution in [0.1, 0.15) is 5.56 Å². The minimum atomic E-state index is -0.363. The maximum Gasteiger partial charge on any atom is 0.243 e. The van der Waals surface area contributed by atoms with E-state index in [1.165, 1.54) is 12.1 Å². The van der Waals surface area contributed by atoms with Crippen molar-refractivity contribution < 1.29 is 9.18 Å². The van der Waals surface area contributed by atoms with Crippen molar-refractivity contribution in [3.63, 3.8) is 0 Å². The lowest BCUT2D eigenvalue weighted by molar-refractivity contribution is -0.114. The largest absolute Gasteiger partial charge is 0.376 e. The van der Waals surface area contributed by atoms with Gasteiger partial charge in [-0.1, -0.05) is 35.3 Å². The van der Waals surface area contributed by atoms with Gasteiger partial charge in [0.05, 0.1) is 22.3 Å². The zero-order valence-corrected chi connectivity index (χ0v) is 12.7. The molecule has 2 N–H and O–H groups in total. The van der Waals surface area contributed by atoms with Gasteiger partial charge in [-0.25, -0.2) is 4.39 Å². The SMILES string of the molecule is Cc1ccc(F)cc1NCC(=O)Nc1c(Cl)cccc1Cl. The van der Waals surface area contributed by atoms with Gasteiger partial charge in [0.15, 0.2) is 0 Å². The van der Waals surface area contributed by atoms with E-state index in [2.05, 4.69) is 10.6 Å². The van der Waals surface area contributed by atoms with Crippen LogP contribution in [0.3, 0.4) is 0 Å². The number of benzene rings is 2. The molecule has 0 saturated heterocycles. The fourth-order valence-corrected chi connectivity index (χ4v) is 2.25. The number of para-hydroxylation sites is 1. The fourth-order valence-electron chi connectivity index (χ4n) is 1.76. The lowest BCUT2D eigenvalue weighted by Crippen LogP contribution is -2.22. The molecular formula is C15H13Cl2FN2O. The van der Waals surface area contributed by atoms with Crippen LogP contribution in [0.25, 0.3) is 0 Å². The summed E-state index contributed by atoms with van der Waals surface area (Å²) in [6.45, 7) is 1.80. The first-order valence-corrected chi connectivity index (χ1v) is 6.97. The molecule has 0 heterocycles. The molecule has 0 unspecified atom stereocenters. The second-order valence-corrected chi connectivity index (χ2v) is 5.27. The van der Waals surface area contributed by atoms with Crippen molar-refractivity contribution >= 4 is 40.5 Å². The molecule has 0 atom stereocenters. The van der Waals surface area contributed by atoms with Crippen LogP contribution < -0.4 is 10.6 Å². The Morgan fingerprint density at radius 1 is 1.19 bits per heavy atom. The Morgan fingerprint density at radius 2 is 1.86 bits per heavy atom. The van der Waals surface area contributed by atoms with E-state index in [0.29, 0.717) is 21.4 Å². The molecule has 0 aliphatic rings. The van der Waals surface area contributed by atoms with E-state index in [1.807, 2.05) is 6.92 Å². The molecule has 1 amide bonds. The summed E-state index contributed by atoms with van der Waals surface area (Å²) < 4.78 is 13.1. The molecule has 0 radical (unpaired) electrons. The molecular weight excluding hydrogens is 314 g/mol. The third-order valence-electron chi connectivity index (χ3n) is 2.87. The van der Waals surface area contributed by atoms with E-state index >= 15 is 0 Å². The number of carbonyl (C=O) groups excluding carboxylic acids is 1. The minimum absolute atomic E-state index is 0.0220. The molecule has 110 valence electrons. The highest BCUT2D eigenvalue weighted by molar-refractivity contribution is 6.39. The van der Waals surface area contributed by atoms with E-state index in [4.69, 9.17) is 23.2 Å². The molecule has 0 aromatic heterocycles. The van der Waals surface area contributed by atoms with Crippen LogP contribution in [0.15, 0.2) is 36.4 Å². The Bertz CT molecular complexity index is 656. The molecule has 2 rings (SSSR count). The highest BCUT2D eigenvalue weighted by Gasteiger charge is 2.10. The number of hydrogen-bond acceptors (Lipinski definition) is 2. The first kappa shape index (κ1) is 15.6. The zero-order chi connectivity index (χ0) is 15.4. The van der Waals surface area contributed by atoms with E-state index in [-0.39, 0.29) is 18.3 Å². The van der Waals surface area contributed by atoms with Crippen molar-refractivity contribution in [3.8, 4) is 0 Å². The summed E-state index contributed by atoms with van der Waals surface area (Å²) in [6.07, 6.45) is 0. The van der Waals surface area contributed by atoms with Crippen LogP contribution >= 0.6 is 23.2 Å². The summed E-state index contributed by atoms with van der Waals surface area (Å²) in [4.78, 5) is 11.9. The minimum Gasteiger partial charge on any atom is -0.376 e. The van der Waals surface area contributed by atoms with Crippen LogP contribution in [0.2, 0.25) is 10.0 Å². The van der Waals surface area contributed by atoms with Crippen LogP contribution in [-0.2, 0) is 4.79 Å². The molecule has 21 heavy (non-hydrogen) atoms. The van der Waals surface area contributed by atoms with Gasteiger partial charge in [-0.3, -0.25) is 4.79 Å². The van der Waals surface area contributed by atoms with Crippen LogP contribution in [0, 0.1) is 12.7 Å². The van der Waals surface area contributed by atoms with Gasteiger partial charge in [0, 0.05) is 5.69 Å². The summed E-state index contributed by atoms with van der Waals surface area (Å²) in [6, 6.07) is 9.30. The highest BCUT2D eigenvalue weighted by atomic mass is 35.5. The molecule has 0 fully saturated rings. The number of nitrogens with one attached hydrogen (secondary N) is 2. The van der Waals surface area contributed by atoms with E-state index in [1.54, 1.807) is 24.3 Å². The normalized spacial score (nSPS) is 10.3. The third-order valence-corrected chi connectivity index (χ3v) is 3.50.